The molecule has 0 saturated heterocycles. The molecule has 0 aromatic carbocycles. The summed E-state index contributed by atoms with van der Waals surface area (Å²) in [5.74, 6) is 2.74. The van der Waals surface area contributed by atoms with Gasteiger partial charge in [-0.3, -0.25) is 4.79 Å². The molecule has 0 heterocycles. The number of hydrogen-bond acceptors (Lipinski definition) is 2. The van der Waals surface area contributed by atoms with Crippen molar-refractivity contribution in [2.75, 3.05) is 0 Å². The third kappa shape index (κ3) is 1.92. The Kier molecular flexibility index (Phi) is 3.11. The van der Waals surface area contributed by atoms with E-state index >= 15 is 0 Å². The van der Waals surface area contributed by atoms with Gasteiger partial charge in [0.1, 0.15) is 5.78 Å². The van der Waals surface area contributed by atoms with E-state index < -0.39 is 0 Å². The van der Waals surface area contributed by atoms with E-state index in [4.69, 9.17) is 12.2 Å². The zero-order valence-electron chi connectivity index (χ0n) is 8.18. The van der Waals surface area contributed by atoms with E-state index in [1.807, 2.05) is 6.92 Å². The summed E-state index contributed by atoms with van der Waals surface area (Å²) in [6, 6.07) is 0.0396. The molecule has 2 atom stereocenters. The topological polar surface area (TPSA) is 43.1 Å². The van der Waals surface area contributed by atoms with Crippen LogP contribution < -0.4 is 5.73 Å². The van der Waals surface area contributed by atoms with Gasteiger partial charge in [-0.15, -0.1) is 12.3 Å². The van der Waals surface area contributed by atoms with E-state index in [0.717, 1.165) is 19.3 Å². The molecule has 0 aliphatic heterocycles. The highest BCUT2D eigenvalue weighted by atomic mass is 16.1. The lowest BCUT2D eigenvalue weighted by atomic mass is 9.79. The second kappa shape index (κ2) is 3.93. The molecule has 2 unspecified atom stereocenters. The number of nitrogens with two attached hydrogens (primary N) is 1. The third-order valence-electron chi connectivity index (χ3n) is 3.16. The Bertz CT molecular complexity index is 241. The number of Topliss-reactive ketones (excluding diaryl/α,β-unsaturated/α-hetero) is 1. The number of carbonyl (C=O) groups is 1. The van der Waals surface area contributed by atoms with Gasteiger partial charge in [-0.25, -0.2) is 0 Å². The monoisotopic (exact) mass is 179 g/mol. The number of carbonyl (C=O) groups excluding carboxylic acids is 1. The van der Waals surface area contributed by atoms with Crippen molar-refractivity contribution in [1.29, 1.82) is 0 Å². The molecule has 1 rings (SSSR count). The fourth-order valence-corrected chi connectivity index (χ4v) is 2.01. The van der Waals surface area contributed by atoms with Crippen molar-refractivity contribution in [3.05, 3.63) is 0 Å². The first-order valence-corrected chi connectivity index (χ1v) is 4.83. The molecular weight excluding hydrogens is 162 g/mol. The highest BCUT2D eigenvalue weighted by Crippen LogP contribution is 2.38. The minimum atomic E-state index is -0.295. The van der Waals surface area contributed by atoms with Crippen molar-refractivity contribution in [1.82, 2.24) is 0 Å². The highest BCUT2D eigenvalue weighted by molar-refractivity contribution is 5.85. The predicted octanol–water partition coefficient (Wildman–Crippen LogP) is 1.49. The van der Waals surface area contributed by atoms with Gasteiger partial charge >= 0.3 is 0 Å². The molecule has 2 heteroatoms. The molecule has 72 valence electrons. The van der Waals surface area contributed by atoms with Crippen molar-refractivity contribution in [3.8, 4) is 12.3 Å². The van der Waals surface area contributed by atoms with Gasteiger partial charge in [-0.2, -0.15) is 0 Å². The van der Waals surface area contributed by atoms with Gasteiger partial charge in [0, 0.05) is 24.3 Å². The average Bonchev–Trinajstić information content (AvgIpc) is 2.44. The molecule has 0 aromatic heterocycles. The number of ketones is 1. The van der Waals surface area contributed by atoms with Crippen LogP contribution in [0.25, 0.3) is 0 Å². The first-order chi connectivity index (χ1) is 6.11. The molecule has 0 aromatic rings. The largest absolute Gasteiger partial charge is 0.327 e. The van der Waals surface area contributed by atoms with Crippen LogP contribution in [0.3, 0.4) is 0 Å². The predicted molar refractivity (Wildman–Crippen MR) is 53.0 cm³/mol. The van der Waals surface area contributed by atoms with Crippen LogP contribution in [0.15, 0.2) is 0 Å². The highest BCUT2D eigenvalue weighted by Gasteiger charge is 2.41. The number of hydrogen-bond donors (Lipinski definition) is 1. The number of rotatable bonds is 3. The molecule has 1 saturated carbocycles. The maximum Gasteiger partial charge on any atom is 0.141 e. The summed E-state index contributed by atoms with van der Waals surface area (Å²) >= 11 is 0. The molecular formula is C11H17NO. The van der Waals surface area contributed by atoms with Gasteiger partial charge in [0.2, 0.25) is 0 Å². The fraction of sp³-hybridized carbons (Fsp3) is 0.727. The van der Waals surface area contributed by atoms with Crippen LogP contribution in [0.5, 0.6) is 0 Å². The molecule has 0 spiro atoms. The van der Waals surface area contributed by atoms with Gasteiger partial charge in [0.15, 0.2) is 0 Å². The maximum atomic E-state index is 11.8. The second-order valence-corrected chi connectivity index (χ2v) is 4.04. The van der Waals surface area contributed by atoms with Gasteiger partial charge < -0.3 is 5.73 Å². The molecule has 0 amide bonds. The minimum Gasteiger partial charge on any atom is -0.327 e. The van der Waals surface area contributed by atoms with E-state index in [0.29, 0.717) is 12.8 Å². The average molecular weight is 179 g/mol. The fourth-order valence-electron chi connectivity index (χ4n) is 2.01. The Morgan fingerprint density at radius 2 is 2.46 bits per heavy atom. The van der Waals surface area contributed by atoms with Crippen LogP contribution in [0.2, 0.25) is 0 Å². The Morgan fingerprint density at radius 1 is 1.77 bits per heavy atom. The SMILES string of the molecule is C#CCCC(=O)C1(C)CCCC1N. The van der Waals surface area contributed by atoms with Gasteiger partial charge in [-0.1, -0.05) is 13.3 Å². The summed E-state index contributed by atoms with van der Waals surface area (Å²) < 4.78 is 0. The maximum absolute atomic E-state index is 11.8. The molecule has 13 heavy (non-hydrogen) atoms. The molecule has 0 bridgehead atoms. The lowest BCUT2D eigenvalue weighted by molar-refractivity contribution is -0.128. The Balaban J connectivity index is 2.59. The number of terminal acetylenes is 1. The molecule has 0 radical (unpaired) electrons. The first kappa shape index (κ1) is 10.3. The summed E-state index contributed by atoms with van der Waals surface area (Å²) in [4.78, 5) is 11.8. The van der Waals surface area contributed by atoms with Crippen molar-refractivity contribution in [3.63, 3.8) is 0 Å². The Morgan fingerprint density at radius 3 is 2.92 bits per heavy atom. The molecule has 1 aliphatic carbocycles. The van der Waals surface area contributed by atoms with Crippen LogP contribution in [-0.2, 0) is 4.79 Å². The zero-order chi connectivity index (χ0) is 9.90. The van der Waals surface area contributed by atoms with Crippen molar-refractivity contribution >= 4 is 5.78 Å². The van der Waals surface area contributed by atoms with E-state index in [9.17, 15) is 4.79 Å². The molecule has 1 aliphatic rings. The van der Waals surface area contributed by atoms with E-state index in [1.165, 1.54) is 0 Å². The van der Waals surface area contributed by atoms with Crippen LogP contribution in [0.4, 0.5) is 0 Å². The standard InChI is InChI=1S/C11H17NO/c1-3-4-7-10(13)11(2)8-5-6-9(11)12/h1,9H,4-8,12H2,2H3. The van der Waals surface area contributed by atoms with Crippen LogP contribution in [0.1, 0.15) is 39.0 Å². The third-order valence-corrected chi connectivity index (χ3v) is 3.16. The quantitative estimate of drug-likeness (QED) is 0.667. The smallest absolute Gasteiger partial charge is 0.141 e. The van der Waals surface area contributed by atoms with Gasteiger partial charge in [0.05, 0.1) is 0 Å². The van der Waals surface area contributed by atoms with Crippen molar-refractivity contribution < 1.29 is 4.79 Å². The second-order valence-electron chi connectivity index (χ2n) is 4.04. The van der Waals surface area contributed by atoms with E-state index in [2.05, 4.69) is 5.92 Å². The van der Waals surface area contributed by atoms with Crippen molar-refractivity contribution in [2.24, 2.45) is 11.1 Å². The summed E-state index contributed by atoms with van der Waals surface area (Å²) in [6.45, 7) is 1.98. The summed E-state index contributed by atoms with van der Waals surface area (Å²) in [6.07, 6.45) is 9.12. The first-order valence-electron chi connectivity index (χ1n) is 4.83. The molecule has 1 fully saturated rings. The van der Waals surface area contributed by atoms with E-state index in [1.54, 1.807) is 0 Å². The lowest BCUT2D eigenvalue weighted by Gasteiger charge is -2.26. The van der Waals surface area contributed by atoms with E-state index in [-0.39, 0.29) is 17.2 Å². The summed E-state index contributed by atoms with van der Waals surface area (Å²) in [5.41, 5.74) is 5.62. The Labute approximate surface area is 79.9 Å². The van der Waals surface area contributed by atoms with Crippen LogP contribution >= 0.6 is 0 Å². The zero-order valence-corrected chi connectivity index (χ0v) is 8.18. The van der Waals surface area contributed by atoms with Crippen molar-refractivity contribution in [2.45, 2.75) is 45.1 Å². The summed E-state index contributed by atoms with van der Waals surface area (Å²) in [5, 5.41) is 0. The van der Waals surface area contributed by atoms with Crippen LogP contribution in [-0.4, -0.2) is 11.8 Å². The van der Waals surface area contributed by atoms with Crippen LogP contribution in [0, 0.1) is 17.8 Å². The van der Waals surface area contributed by atoms with Gasteiger partial charge in [0.25, 0.3) is 0 Å². The molecule has 2 nitrogen and oxygen atoms in total. The minimum absolute atomic E-state index is 0.0396. The molecule has 2 N–H and O–H groups in total. The Hall–Kier alpha value is -0.810. The normalized spacial score (nSPS) is 32.8. The lowest BCUT2D eigenvalue weighted by Crippen LogP contribution is -2.40. The van der Waals surface area contributed by atoms with Gasteiger partial charge in [-0.05, 0) is 12.8 Å². The summed E-state index contributed by atoms with van der Waals surface area (Å²) in [7, 11) is 0.